The molecule has 3 aliphatic rings. The standard InChI is InChI=1S/C31H29ClFN3O5/c32-20-5-6-23(24(33)15-20)31-40-27-3-1-2-22(29(27)41-31)18-8-11-35(12-9-18)17-28-34-25-7-4-19(30(37)38)14-26(25)36(28)16-21-10-13-39-21/h1-7,14-15,18,21,31H,8-13,16-17H2,(H,37,38)/t21-,31-/m0/s1. The SMILES string of the molecule is O=C(O)c1ccc2nc(CN3CCC(c4cccc5c4O[C@@H](c4ccc(Cl)cc4F)O5)CC3)n(C[C@@H]3CCO3)c2c1. The first-order valence-electron chi connectivity index (χ1n) is 13.9. The van der Waals surface area contributed by atoms with Crippen molar-refractivity contribution in [2.75, 3.05) is 19.7 Å². The fourth-order valence-corrected chi connectivity index (χ4v) is 6.16. The third-order valence-corrected chi connectivity index (χ3v) is 8.57. The smallest absolute Gasteiger partial charge is 0.335 e. The van der Waals surface area contributed by atoms with Gasteiger partial charge in [0, 0.05) is 17.2 Å². The van der Waals surface area contributed by atoms with Crippen LogP contribution in [-0.2, 0) is 17.8 Å². The van der Waals surface area contributed by atoms with Crippen molar-refractivity contribution >= 4 is 28.6 Å². The quantitative estimate of drug-likeness (QED) is 0.281. The Labute approximate surface area is 241 Å². The van der Waals surface area contributed by atoms with Gasteiger partial charge in [-0.15, -0.1) is 0 Å². The molecule has 0 spiro atoms. The fourth-order valence-electron chi connectivity index (χ4n) is 6.00. The average Bonchev–Trinajstić information content (AvgIpc) is 3.51. The van der Waals surface area contributed by atoms with Crippen molar-refractivity contribution in [3.05, 3.63) is 88.0 Å². The molecule has 3 aromatic carbocycles. The van der Waals surface area contributed by atoms with Crippen LogP contribution in [0, 0.1) is 5.82 Å². The van der Waals surface area contributed by atoms with Crippen LogP contribution < -0.4 is 9.47 Å². The van der Waals surface area contributed by atoms with Gasteiger partial charge in [0.15, 0.2) is 11.5 Å². The van der Waals surface area contributed by atoms with E-state index in [1.54, 1.807) is 30.3 Å². The molecule has 3 aliphatic heterocycles. The minimum atomic E-state index is -0.949. The van der Waals surface area contributed by atoms with Gasteiger partial charge < -0.3 is 23.9 Å². The number of fused-ring (bicyclic) bond motifs is 2. The molecule has 212 valence electrons. The summed E-state index contributed by atoms with van der Waals surface area (Å²) < 4.78 is 34.5. The lowest BCUT2D eigenvalue weighted by Crippen LogP contribution is -2.35. The molecule has 7 rings (SSSR count). The Morgan fingerprint density at radius 1 is 1.05 bits per heavy atom. The highest BCUT2D eigenvalue weighted by atomic mass is 35.5. The van der Waals surface area contributed by atoms with Gasteiger partial charge in [-0.2, -0.15) is 0 Å². The number of imidazole rings is 1. The molecule has 0 saturated carbocycles. The second-order valence-corrected chi connectivity index (χ2v) is 11.3. The number of carboxylic acids is 1. The molecule has 0 aliphatic carbocycles. The molecule has 4 aromatic rings. The predicted molar refractivity (Wildman–Crippen MR) is 150 cm³/mol. The van der Waals surface area contributed by atoms with Crippen LogP contribution in [0.25, 0.3) is 11.0 Å². The van der Waals surface area contributed by atoms with Crippen LogP contribution in [0.4, 0.5) is 4.39 Å². The highest BCUT2D eigenvalue weighted by Gasteiger charge is 2.33. The van der Waals surface area contributed by atoms with E-state index in [2.05, 4.69) is 15.5 Å². The van der Waals surface area contributed by atoms with Crippen molar-refractivity contribution in [1.29, 1.82) is 0 Å². The first kappa shape index (κ1) is 26.3. The van der Waals surface area contributed by atoms with E-state index < -0.39 is 18.1 Å². The van der Waals surface area contributed by atoms with E-state index in [4.69, 9.17) is 30.8 Å². The Balaban J connectivity index is 1.06. The van der Waals surface area contributed by atoms with Crippen molar-refractivity contribution in [3.63, 3.8) is 0 Å². The van der Waals surface area contributed by atoms with E-state index in [1.165, 1.54) is 6.07 Å². The highest BCUT2D eigenvalue weighted by Crippen LogP contribution is 2.47. The summed E-state index contributed by atoms with van der Waals surface area (Å²) in [6.45, 7) is 3.82. The number of likely N-dealkylation sites (tertiary alicyclic amines) is 1. The summed E-state index contributed by atoms with van der Waals surface area (Å²) in [5.74, 6) is 1.09. The monoisotopic (exact) mass is 577 g/mol. The minimum Gasteiger partial charge on any atom is -0.478 e. The molecule has 2 atom stereocenters. The third-order valence-electron chi connectivity index (χ3n) is 8.33. The number of piperidine rings is 1. The zero-order chi connectivity index (χ0) is 28.1. The zero-order valence-electron chi connectivity index (χ0n) is 22.3. The second kappa shape index (κ2) is 10.6. The van der Waals surface area contributed by atoms with Crippen LogP contribution in [-0.4, -0.2) is 51.3 Å². The Morgan fingerprint density at radius 2 is 1.88 bits per heavy atom. The van der Waals surface area contributed by atoms with Crippen molar-refractivity contribution in [3.8, 4) is 11.5 Å². The predicted octanol–water partition coefficient (Wildman–Crippen LogP) is 6.17. The van der Waals surface area contributed by atoms with Crippen LogP contribution in [0.5, 0.6) is 11.5 Å². The number of carboxylic acid groups (broad SMARTS) is 1. The van der Waals surface area contributed by atoms with Gasteiger partial charge in [-0.3, -0.25) is 4.90 Å². The summed E-state index contributed by atoms with van der Waals surface area (Å²) >= 11 is 5.92. The summed E-state index contributed by atoms with van der Waals surface area (Å²) in [7, 11) is 0. The van der Waals surface area contributed by atoms with Gasteiger partial charge in [0.2, 0.25) is 0 Å². The van der Waals surface area contributed by atoms with E-state index in [0.29, 0.717) is 35.2 Å². The third kappa shape index (κ3) is 5.03. The van der Waals surface area contributed by atoms with Crippen LogP contribution in [0.3, 0.4) is 0 Å². The van der Waals surface area contributed by atoms with E-state index in [9.17, 15) is 14.3 Å². The number of aromatic carboxylic acids is 1. The van der Waals surface area contributed by atoms with Gasteiger partial charge in [-0.05, 0) is 80.7 Å². The maximum Gasteiger partial charge on any atom is 0.335 e. The molecule has 41 heavy (non-hydrogen) atoms. The zero-order valence-corrected chi connectivity index (χ0v) is 23.0. The molecule has 4 heterocycles. The molecular formula is C31H29ClFN3O5. The second-order valence-electron chi connectivity index (χ2n) is 10.9. The van der Waals surface area contributed by atoms with Gasteiger partial charge in [0.25, 0.3) is 6.29 Å². The van der Waals surface area contributed by atoms with E-state index in [0.717, 1.165) is 61.4 Å². The molecule has 8 nitrogen and oxygen atoms in total. The molecule has 2 saturated heterocycles. The molecule has 0 amide bonds. The number of rotatable bonds is 7. The Kier molecular flexibility index (Phi) is 6.81. The number of ether oxygens (including phenoxy) is 3. The Morgan fingerprint density at radius 3 is 2.61 bits per heavy atom. The lowest BCUT2D eigenvalue weighted by molar-refractivity contribution is -0.0592. The van der Waals surface area contributed by atoms with Crippen molar-refractivity contribution in [2.24, 2.45) is 0 Å². The minimum absolute atomic E-state index is 0.123. The summed E-state index contributed by atoms with van der Waals surface area (Å²) in [6.07, 6.45) is 2.11. The van der Waals surface area contributed by atoms with Crippen molar-refractivity contribution in [2.45, 2.75) is 50.7 Å². The molecular weight excluding hydrogens is 549 g/mol. The maximum absolute atomic E-state index is 14.6. The first-order chi connectivity index (χ1) is 19.9. The molecule has 0 unspecified atom stereocenters. The number of para-hydroxylation sites is 1. The fraction of sp³-hybridized carbons (Fsp3) is 0.355. The van der Waals surface area contributed by atoms with Gasteiger partial charge in [0.05, 0.1) is 41.4 Å². The van der Waals surface area contributed by atoms with E-state index >= 15 is 0 Å². The van der Waals surface area contributed by atoms with Crippen LogP contribution in [0.1, 0.15) is 58.8 Å². The number of nitrogens with zero attached hydrogens (tertiary/aromatic N) is 3. The molecule has 1 aromatic heterocycles. The lowest BCUT2D eigenvalue weighted by Gasteiger charge is -2.33. The van der Waals surface area contributed by atoms with Gasteiger partial charge in [-0.25, -0.2) is 14.2 Å². The van der Waals surface area contributed by atoms with Gasteiger partial charge in [-0.1, -0.05) is 23.7 Å². The molecule has 0 bridgehead atoms. The van der Waals surface area contributed by atoms with Gasteiger partial charge in [0.1, 0.15) is 11.6 Å². The Bertz CT molecular complexity index is 1630. The number of hydrogen-bond acceptors (Lipinski definition) is 6. The number of aromatic nitrogens is 2. The van der Waals surface area contributed by atoms with Crippen LogP contribution in [0.15, 0.2) is 54.6 Å². The summed E-state index contributed by atoms with van der Waals surface area (Å²) in [6, 6.07) is 15.5. The average molecular weight is 578 g/mol. The number of benzene rings is 3. The van der Waals surface area contributed by atoms with Crippen LogP contribution >= 0.6 is 11.6 Å². The van der Waals surface area contributed by atoms with Crippen LogP contribution in [0.2, 0.25) is 5.02 Å². The van der Waals surface area contributed by atoms with E-state index in [-0.39, 0.29) is 17.6 Å². The number of hydrogen-bond donors (Lipinski definition) is 1. The number of halogens is 2. The van der Waals surface area contributed by atoms with Crippen molar-refractivity contribution in [1.82, 2.24) is 14.5 Å². The highest BCUT2D eigenvalue weighted by molar-refractivity contribution is 6.30. The summed E-state index contributed by atoms with van der Waals surface area (Å²) in [5, 5.41) is 9.84. The maximum atomic E-state index is 14.6. The normalized spacial score (nSPS) is 20.8. The summed E-state index contributed by atoms with van der Waals surface area (Å²) in [5.41, 5.74) is 3.27. The van der Waals surface area contributed by atoms with E-state index in [1.807, 2.05) is 12.1 Å². The molecule has 0 radical (unpaired) electrons. The van der Waals surface area contributed by atoms with Crippen molar-refractivity contribution < 1.29 is 28.5 Å². The Hall–Kier alpha value is -3.66. The number of carbonyl (C=O) groups is 1. The topological polar surface area (TPSA) is 86.0 Å². The summed E-state index contributed by atoms with van der Waals surface area (Å²) in [4.78, 5) is 18.9. The van der Waals surface area contributed by atoms with Gasteiger partial charge >= 0.3 is 5.97 Å². The largest absolute Gasteiger partial charge is 0.478 e. The lowest BCUT2D eigenvalue weighted by atomic mass is 9.88. The molecule has 1 N–H and O–H groups in total. The first-order valence-corrected chi connectivity index (χ1v) is 14.3. The molecule has 10 heteroatoms. The molecule has 2 fully saturated rings.